The van der Waals surface area contributed by atoms with Gasteiger partial charge in [0.2, 0.25) is 0 Å². The number of rotatable bonds is 4. The summed E-state index contributed by atoms with van der Waals surface area (Å²) in [6, 6.07) is 7.90. The van der Waals surface area contributed by atoms with Gasteiger partial charge in [-0.25, -0.2) is 11.0 Å². The van der Waals surface area contributed by atoms with Gasteiger partial charge in [-0.3, -0.25) is 4.90 Å². The van der Waals surface area contributed by atoms with Crippen molar-refractivity contribution in [2.24, 2.45) is 16.9 Å². The van der Waals surface area contributed by atoms with E-state index in [4.69, 9.17) is 15.3 Å². The number of piperidine rings is 1. The number of likely N-dealkylation sites (tertiary alicyclic amines) is 1. The molecule has 1 aromatic rings. The number of hydrazine groups is 1. The quantitative estimate of drug-likeness (QED) is 0.831. The number of ether oxygens (including phenoxy) is 2. The van der Waals surface area contributed by atoms with Crippen LogP contribution < -0.4 is 15.3 Å². The van der Waals surface area contributed by atoms with Crippen molar-refractivity contribution in [2.75, 3.05) is 40.0 Å². The molecule has 0 radical (unpaired) electrons. The van der Waals surface area contributed by atoms with Gasteiger partial charge in [-0.1, -0.05) is 12.1 Å². The molecule has 3 aliphatic heterocycles. The van der Waals surface area contributed by atoms with Crippen LogP contribution in [0.15, 0.2) is 29.4 Å². The van der Waals surface area contributed by atoms with Gasteiger partial charge < -0.3 is 14.4 Å². The number of hydrazone groups is 1. The molecule has 0 saturated carbocycles. The molecule has 3 aliphatic rings. The molecule has 0 aromatic heterocycles. The summed E-state index contributed by atoms with van der Waals surface area (Å²) in [6.45, 7) is 4.46. The minimum Gasteiger partial charge on any atom is -0.486 e. The van der Waals surface area contributed by atoms with Gasteiger partial charge >= 0.3 is 0 Å². The standard InChI is InChI=1S/C18H27N5O2/c1-21-13-23(19)20-18(21)10-14-6-8-22(9-7-14)11-15-12-24-16-4-2-3-5-17(16)25-15/h2-5,14-15H,6-13,19H2,1H3. The molecule has 1 aromatic carbocycles. The van der Waals surface area contributed by atoms with Crippen molar-refractivity contribution in [3.8, 4) is 11.5 Å². The highest BCUT2D eigenvalue weighted by molar-refractivity contribution is 5.83. The predicted molar refractivity (Wildman–Crippen MR) is 96.2 cm³/mol. The third-order valence-electron chi connectivity index (χ3n) is 5.25. The fourth-order valence-electron chi connectivity index (χ4n) is 3.82. The summed E-state index contributed by atoms with van der Waals surface area (Å²) in [5, 5.41) is 5.92. The molecule has 0 bridgehead atoms. The maximum atomic E-state index is 6.08. The first kappa shape index (κ1) is 16.5. The van der Waals surface area contributed by atoms with Crippen molar-refractivity contribution in [3.63, 3.8) is 0 Å². The molecule has 2 N–H and O–H groups in total. The van der Waals surface area contributed by atoms with Gasteiger partial charge in [0, 0.05) is 20.0 Å². The Morgan fingerprint density at radius 1 is 1.20 bits per heavy atom. The number of para-hydroxylation sites is 2. The van der Waals surface area contributed by atoms with Crippen molar-refractivity contribution in [1.82, 2.24) is 14.9 Å². The number of nitrogens with zero attached hydrogens (tertiary/aromatic N) is 4. The Hall–Kier alpha value is -1.99. The highest BCUT2D eigenvalue weighted by Crippen LogP contribution is 2.31. The Bertz CT molecular complexity index is 630. The van der Waals surface area contributed by atoms with Gasteiger partial charge in [0.05, 0.1) is 0 Å². The van der Waals surface area contributed by atoms with E-state index in [1.165, 1.54) is 18.0 Å². The molecular formula is C18H27N5O2. The zero-order chi connectivity index (χ0) is 17.2. The highest BCUT2D eigenvalue weighted by Gasteiger charge is 2.28. The number of fused-ring (bicyclic) bond motifs is 1. The summed E-state index contributed by atoms with van der Waals surface area (Å²) in [6.07, 6.45) is 3.53. The van der Waals surface area contributed by atoms with Crippen molar-refractivity contribution >= 4 is 5.84 Å². The normalized spacial score (nSPS) is 24.6. The van der Waals surface area contributed by atoms with Crippen LogP contribution in [0.2, 0.25) is 0 Å². The summed E-state index contributed by atoms with van der Waals surface area (Å²) in [5.74, 6) is 9.27. The second-order valence-corrected chi connectivity index (χ2v) is 7.24. The van der Waals surface area contributed by atoms with Crippen LogP contribution >= 0.6 is 0 Å². The van der Waals surface area contributed by atoms with Crippen molar-refractivity contribution in [2.45, 2.75) is 25.4 Å². The van der Waals surface area contributed by atoms with Gasteiger partial charge in [-0.15, -0.1) is 5.10 Å². The van der Waals surface area contributed by atoms with Crippen LogP contribution in [-0.2, 0) is 0 Å². The van der Waals surface area contributed by atoms with Gasteiger partial charge in [0.1, 0.15) is 25.2 Å². The van der Waals surface area contributed by atoms with E-state index in [0.29, 0.717) is 19.2 Å². The maximum absolute atomic E-state index is 6.08. The Kier molecular flexibility index (Phi) is 4.67. The minimum absolute atomic E-state index is 0.114. The molecular weight excluding hydrogens is 318 g/mol. The minimum atomic E-state index is 0.114. The molecule has 0 spiro atoms. The summed E-state index contributed by atoms with van der Waals surface area (Å²) in [4.78, 5) is 4.63. The van der Waals surface area contributed by atoms with E-state index in [0.717, 1.165) is 43.4 Å². The second kappa shape index (κ2) is 7.09. The van der Waals surface area contributed by atoms with Crippen molar-refractivity contribution < 1.29 is 9.47 Å². The monoisotopic (exact) mass is 345 g/mol. The number of nitrogens with two attached hydrogens (primary N) is 1. The lowest BCUT2D eigenvalue weighted by Crippen LogP contribution is -2.44. The molecule has 0 amide bonds. The lowest BCUT2D eigenvalue weighted by Gasteiger charge is -2.35. The zero-order valence-electron chi connectivity index (χ0n) is 14.8. The Morgan fingerprint density at radius 2 is 1.96 bits per heavy atom. The number of hydrogen-bond donors (Lipinski definition) is 1. The topological polar surface area (TPSA) is 66.6 Å². The molecule has 136 valence electrons. The second-order valence-electron chi connectivity index (χ2n) is 7.24. The van der Waals surface area contributed by atoms with Crippen LogP contribution in [0.1, 0.15) is 19.3 Å². The van der Waals surface area contributed by atoms with Crippen LogP contribution in [0.3, 0.4) is 0 Å². The molecule has 7 heteroatoms. The van der Waals surface area contributed by atoms with Crippen LogP contribution in [0, 0.1) is 5.92 Å². The Morgan fingerprint density at radius 3 is 2.68 bits per heavy atom. The molecule has 7 nitrogen and oxygen atoms in total. The Balaban J connectivity index is 1.24. The van der Waals surface area contributed by atoms with Gasteiger partial charge in [-0.05, 0) is 44.0 Å². The van der Waals surface area contributed by atoms with Crippen LogP contribution in [0.25, 0.3) is 0 Å². The first-order valence-corrected chi connectivity index (χ1v) is 9.09. The largest absolute Gasteiger partial charge is 0.486 e. The third-order valence-corrected chi connectivity index (χ3v) is 5.25. The number of hydrogen-bond acceptors (Lipinski definition) is 7. The SMILES string of the molecule is CN1CN(N)N=C1CC1CCN(CC2COc3ccccc3O2)CC1. The molecule has 3 heterocycles. The lowest BCUT2D eigenvalue weighted by molar-refractivity contribution is 0.0481. The molecule has 4 rings (SSSR count). The van der Waals surface area contributed by atoms with Crippen molar-refractivity contribution in [3.05, 3.63) is 24.3 Å². The van der Waals surface area contributed by atoms with E-state index >= 15 is 0 Å². The van der Waals surface area contributed by atoms with E-state index in [-0.39, 0.29) is 6.10 Å². The average molecular weight is 345 g/mol. The van der Waals surface area contributed by atoms with E-state index in [1.807, 2.05) is 24.3 Å². The first-order valence-electron chi connectivity index (χ1n) is 9.09. The molecule has 1 atom stereocenters. The van der Waals surface area contributed by atoms with Crippen molar-refractivity contribution in [1.29, 1.82) is 0 Å². The van der Waals surface area contributed by atoms with Crippen LogP contribution in [-0.4, -0.2) is 66.8 Å². The number of amidine groups is 1. The van der Waals surface area contributed by atoms with Crippen LogP contribution in [0.5, 0.6) is 11.5 Å². The van der Waals surface area contributed by atoms with Gasteiger partial charge in [0.25, 0.3) is 0 Å². The van der Waals surface area contributed by atoms with E-state index in [9.17, 15) is 0 Å². The average Bonchev–Trinajstić information content (AvgIpc) is 2.94. The maximum Gasteiger partial charge on any atom is 0.161 e. The molecule has 1 unspecified atom stereocenters. The fraction of sp³-hybridized carbons (Fsp3) is 0.611. The molecule has 25 heavy (non-hydrogen) atoms. The van der Waals surface area contributed by atoms with Gasteiger partial charge in [0.15, 0.2) is 11.5 Å². The first-order chi connectivity index (χ1) is 12.2. The molecule has 1 saturated heterocycles. The summed E-state index contributed by atoms with van der Waals surface area (Å²) in [5.41, 5.74) is 0. The van der Waals surface area contributed by atoms with Crippen LogP contribution in [0.4, 0.5) is 0 Å². The fourth-order valence-corrected chi connectivity index (χ4v) is 3.82. The summed E-state index contributed by atoms with van der Waals surface area (Å²) < 4.78 is 11.9. The summed E-state index contributed by atoms with van der Waals surface area (Å²) in [7, 11) is 2.05. The predicted octanol–water partition coefficient (Wildman–Crippen LogP) is 1.32. The Labute approximate surface area is 148 Å². The van der Waals surface area contributed by atoms with E-state index < -0.39 is 0 Å². The van der Waals surface area contributed by atoms with Gasteiger partial charge in [-0.2, -0.15) is 0 Å². The van der Waals surface area contributed by atoms with E-state index in [1.54, 1.807) is 0 Å². The molecule has 1 fully saturated rings. The third kappa shape index (κ3) is 3.82. The zero-order valence-corrected chi connectivity index (χ0v) is 14.8. The smallest absolute Gasteiger partial charge is 0.161 e. The molecule has 0 aliphatic carbocycles. The highest BCUT2D eigenvalue weighted by atomic mass is 16.6. The number of benzene rings is 1. The van der Waals surface area contributed by atoms with E-state index in [2.05, 4.69) is 21.9 Å². The summed E-state index contributed by atoms with van der Waals surface area (Å²) >= 11 is 0. The lowest BCUT2D eigenvalue weighted by atomic mass is 9.92.